The number of hydrogen-bond donors (Lipinski definition) is 1. The van der Waals surface area contributed by atoms with Crippen LogP contribution in [0.15, 0.2) is 53.7 Å². The molecule has 0 aliphatic carbocycles. The third-order valence-electron chi connectivity index (χ3n) is 3.37. The van der Waals surface area contributed by atoms with Crippen LogP contribution in [0, 0.1) is 6.92 Å². The van der Waals surface area contributed by atoms with Crippen LogP contribution in [0.1, 0.15) is 15.9 Å². The van der Waals surface area contributed by atoms with E-state index in [4.69, 9.17) is 0 Å². The van der Waals surface area contributed by atoms with Crippen LogP contribution in [-0.2, 0) is 10.0 Å². The molecule has 122 valence electrons. The highest BCUT2D eigenvalue weighted by atomic mass is 32.2. The Morgan fingerprint density at radius 3 is 2.52 bits per heavy atom. The van der Waals surface area contributed by atoms with Gasteiger partial charge in [-0.1, -0.05) is 17.7 Å². The normalized spacial score (nSPS) is 11.4. The molecule has 1 aromatic carbocycles. The number of amides is 1. The number of nitrogens with zero attached hydrogens (tertiary/aromatic N) is 2. The van der Waals surface area contributed by atoms with Crippen molar-refractivity contribution >= 4 is 15.9 Å². The number of rotatable bonds is 6. The van der Waals surface area contributed by atoms with E-state index in [1.54, 1.807) is 42.6 Å². The minimum absolute atomic E-state index is 0.183. The third kappa shape index (κ3) is 4.37. The Morgan fingerprint density at radius 1 is 1.22 bits per heavy atom. The molecule has 1 heterocycles. The first kappa shape index (κ1) is 17.1. The standard InChI is InChI=1S/C16H19N3O3S/c1-13-5-7-15(8-6-13)23(21,22)19(2)11-10-18-16(20)14-4-3-9-17-12-14/h3-9,12H,10-11H2,1-2H3,(H,18,20). The van der Waals surface area contributed by atoms with E-state index in [0.29, 0.717) is 5.56 Å². The van der Waals surface area contributed by atoms with Gasteiger partial charge in [0.05, 0.1) is 10.5 Å². The molecule has 0 saturated heterocycles. The van der Waals surface area contributed by atoms with Gasteiger partial charge in [-0.3, -0.25) is 9.78 Å². The van der Waals surface area contributed by atoms with Crippen molar-refractivity contribution in [3.63, 3.8) is 0 Å². The first-order valence-electron chi connectivity index (χ1n) is 7.12. The van der Waals surface area contributed by atoms with Crippen LogP contribution in [0.25, 0.3) is 0 Å². The van der Waals surface area contributed by atoms with Crippen molar-refractivity contribution in [2.45, 2.75) is 11.8 Å². The van der Waals surface area contributed by atoms with E-state index in [-0.39, 0.29) is 23.9 Å². The Labute approximate surface area is 136 Å². The molecule has 0 aliphatic heterocycles. The number of benzene rings is 1. The van der Waals surface area contributed by atoms with Crippen molar-refractivity contribution < 1.29 is 13.2 Å². The molecule has 2 aromatic rings. The molecule has 0 saturated carbocycles. The largest absolute Gasteiger partial charge is 0.351 e. The van der Waals surface area contributed by atoms with Crippen LogP contribution < -0.4 is 5.32 Å². The molecule has 1 amide bonds. The Morgan fingerprint density at radius 2 is 1.91 bits per heavy atom. The number of aromatic nitrogens is 1. The van der Waals surface area contributed by atoms with Crippen molar-refractivity contribution in [1.82, 2.24) is 14.6 Å². The molecule has 1 N–H and O–H groups in total. The van der Waals surface area contributed by atoms with Crippen LogP contribution >= 0.6 is 0 Å². The zero-order chi connectivity index (χ0) is 16.9. The number of sulfonamides is 1. The van der Waals surface area contributed by atoms with Crippen molar-refractivity contribution in [2.24, 2.45) is 0 Å². The summed E-state index contributed by atoms with van der Waals surface area (Å²) in [4.78, 5) is 16.0. The Kier molecular flexibility index (Phi) is 5.46. The Balaban J connectivity index is 1.93. The SMILES string of the molecule is Cc1ccc(S(=O)(=O)N(C)CCNC(=O)c2cccnc2)cc1. The number of aryl methyl sites for hydroxylation is 1. The van der Waals surface area contributed by atoms with Crippen LogP contribution in [0.5, 0.6) is 0 Å². The van der Waals surface area contributed by atoms with Crippen LogP contribution in [0.3, 0.4) is 0 Å². The zero-order valence-corrected chi connectivity index (χ0v) is 13.9. The molecule has 0 radical (unpaired) electrons. The molecular formula is C16H19N3O3S. The van der Waals surface area contributed by atoms with Gasteiger partial charge in [-0.2, -0.15) is 4.31 Å². The van der Waals surface area contributed by atoms with Gasteiger partial charge in [0.25, 0.3) is 5.91 Å². The second kappa shape index (κ2) is 7.34. The lowest BCUT2D eigenvalue weighted by molar-refractivity contribution is 0.0952. The minimum Gasteiger partial charge on any atom is -0.351 e. The first-order valence-corrected chi connectivity index (χ1v) is 8.56. The second-order valence-electron chi connectivity index (χ2n) is 5.14. The van der Waals surface area contributed by atoms with Gasteiger partial charge >= 0.3 is 0 Å². The van der Waals surface area contributed by atoms with Gasteiger partial charge in [-0.25, -0.2) is 8.42 Å². The van der Waals surface area contributed by atoms with E-state index in [0.717, 1.165) is 5.56 Å². The third-order valence-corrected chi connectivity index (χ3v) is 5.24. The summed E-state index contributed by atoms with van der Waals surface area (Å²) >= 11 is 0. The number of pyridine rings is 1. The topological polar surface area (TPSA) is 79.4 Å². The number of carbonyl (C=O) groups excluding carboxylic acids is 1. The monoisotopic (exact) mass is 333 g/mol. The highest BCUT2D eigenvalue weighted by Crippen LogP contribution is 2.14. The minimum atomic E-state index is -3.55. The summed E-state index contributed by atoms with van der Waals surface area (Å²) in [7, 11) is -2.06. The van der Waals surface area contributed by atoms with Gasteiger partial charge in [0.15, 0.2) is 0 Å². The van der Waals surface area contributed by atoms with Crippen molar-refractivity contribution in [1.29, 1.82) is 0 Å². The summed E-state index contributed by atoms with van der Waals surface area (Å²) in [6, 6.07) is 9.98. The Bertz CT molecular complexity index is 759. The molecule has 0 spiro atoms. The molecule has 0 aliphatic rings. The summed E-state index contributed by atoms with van der Waals surface area (Å²) in [5, 5.41) is 2.68. The maximum atomic E-state index is 12.4. The lowest BCUT2D eigenvalue weighted by atomic mass is 10.2. The number of hydrogen-bond acceptors (Lipinski definition) is 4. The lowest BCUT2D eigenvalue weighted by Gasteiger charge is -2.17. The fourth-order valence-electron chi connectivity index (χ4n) is 1.94. The average molecular weight is 333 g/mol. The van der Waals surface area contributed by atoms with Crippen LogP contribution in [0.2, 0.25) is 0 Å². The predicted octanol–water partition coefficient (Wildman–Crippen LogP) is 1.44. The van der Waals surface area contributed by atoms with Gasteiger partial charge < -0.3 is 5.32 Å². The molecule has 6 nitrogen and oxygen atoms in total. The van der Waals surface area contributed by atoms with Gasteiger partial charge in [-0.05, 0) is 31.2 Å². The fourth-order valence-corrected chi connectivity index (χ4v) is 3.11. The maximum absolute atomic E-state index is 12.4. The summed E-state index contributed by atoms with van der Waals surface area (Å²) in [6.07, 6.45) is 3.04. The molecule has 0 unspecified atom stereocenters. The smallest absolute Gasteiger partial charge is 0.252 e. The summed E-state index contributed by atoms with van der Waals surface area (Å²) in [5.74, 6) is -0.278. The summed E-state index contributed by atoms with van der Waals surface area (Å²) in [5.41, 5.74) is 1.44. The summed E-state index contributed by atoms with van der Waals surface area (Å²) < 4.78 is 26.0. The van der Waals surface area contributed by atoms with E-state index >= 15 is 0 Å². The van der Waals surface area contributed by atoms with Gasteiger partial charge in [0.1, 0.15) is 0 Å². The average Bonchev–Trinajstić information content (AvgIpc) is 2.55. The van der Waals surface area contributed by atoms with Crippen LogP contribution in [0.4, 0.5) is 0 Å². The highest BCUT2D eigenvalue weighted by Gasteiger charge is 2.20. The van der Waals surface area contributed by atoms with E-state index in [1.165, 1.54) is 17.5 Å². The molecule has 2 rings (SSSR count). The zero-order valence-electron chi connectivity index (χ0n) is 13.1. The molecule has 0 atom stereocenters. The van der Waals surface area contributed by atoms with E-state index in [2.05, 4.69) is 10.3 Å². The van der Waals surface area contributed by atoms with E-state index in [1.807, 2.05) is 6.92 Å². The van der Waals surface area contributed by atoms with Crippen molar-refractivity contribution in [3.05, 3.63) is 59.9 Å². The number of carbonyl (C=O) groups is 1. The van der Waals surface area contributed by atoms with Gasteiger partial charge in [-0.15, -0.1) is 0 Å². The van der Waals surface area contributed by atoms with Gasteiger partial charge in [0.2, 0.25) is 10.0 Å². The second-order valence-corrected chi connectivity index (χ2v) is 7.18. The fraction of sp³-hybridized carbons (Fsp3) is 0.250. The lowest BCUT2D eigenvalue weighted by Crippen LogP contribution is -2.36. The number of likely N-dealkylation sites (N-methyl/N-ethyl adjacent to an activating group) is 1. The molecule has 7 heteroatoms. The first-order chi connectivity index (χ1) is 10.9. The quantitative estimate of drug-likeness (QED) is 0.867. The van der Waals surface area contributed by atoms with Gasteiger partial charge in [0, 0.05) is 32.5 Å². The predicted molar refractivity (Wildman–Crippen MR) is 87.6 cm³/mol. The molecule has 0 fully saturated rings. The molecular weight excluding hydrogens is 314 g/mol. The Hall–Kier alpha value is -2.25. The molecule has 23 heavy (non-hydrogen) atoms. The van der Waals surface area contributed by atoms with Crippen molar-refractivity contribution in [2.75, 3.05) is 20.1 Å². The maximum Gasteiger partial charge on any atom is 0.252 e. The van der Waals surface area contributed by atoms with Crippen molar-refractivity contribution in [3.8, 4) is 0 Å². The number of nitrogens with one attached hydrogen (secondary N) is 1. The molecule has 1 aromatic heterocycles. The summed E-state index contributed by atoms with van der Waals surface area (Å²) in [6.45, 7) is 2.30. The molecule has 0 bridgehead atoms. The van der Waals surface area contributed by atoms with Crippen LogP contribution in [-0.4, -0.2) is 43.8 Å². The van der Waals surface area contributed by atoms with E-state index in [9.17, 15) is 13.2 Å². The van der Waals surface area contributed by atoms with E-state index < -0.39 is 10.0 Å². The highest BCUT2D eigenvalue weighted by molar-refractivity contribution is 7.89.